The van der Waals surface area contributed by atoms with Gasteiger partial charge in [0.1, 0.15) is 12.4 Å². The largest absolute Gasteiger partial charge is 0.488 e. The fourth-order valence-corrected chi connectivity index (χ4v) is 4.79. The third-order valence-electron chi connectivity index (χ3n) is 6.12. The number of nitrogens with one attached hydrogen (secondary N) is 1. The van der Waals surface area contributed by atoms with Crippen LogP contribution >= 0.6 is 0 Å². The molecule has 29 heavy (non-hydrogen) atoms. The first kappa shape index (κ1) is 16.4. The maximum atomic E-state index is 6.20. The Labute approximate surface area is 170 Å². The fourth-order valence-electron chi connectivity index (χ4n) is 4.79. The molecule has 1 unspecified atom stereocenters. The first-order chi connectivity index (χ1) is 14.3. The van der Waals surface area contributed by atoms with E-state index in [1.807, 2.05) is 6.07 Å². The molecule has 6 rings (SSSR count). The maximum absolute atomic E-state index is 6.20. The summed E-state index contributed by atoms with van der Waals surface area (Å²) in [5, 5.41) is 6.31. The summed E-state index contributed by atoms with van der Waals surface area (Å²) in [6, 6.07) is 30.3. The van der Waals surface area contributed by atoms with E-state index in [2.05, 4.69) is 91.1 Å². The predicted octanol–water partition coefficient (Wildman–Crippen LogP) is 6.51. The van der Waals surface area contributed by atoms with E-state index >= 15 is 0 Å². The molecule has 2 heterocycles. The second-order valence-electron chi connectivity index (χ2n) is 7.90. The number of aryl methyl sites for hydroxylation is 1. The van der Waals surface area contributed by atoms with Crippen molar-refractivity contribution in [3.05, 3.63) is 113 Å². The molecule has 2 nitrogen and oxygen atoms in total. The molecular weight excluding hydrogens is 354 g/mol. The smallest absolute Gasteiger partial charge is 0.129 e. The number of hydrogen-bond acceptors (Lipinski definition) is 2. The molecule has 2 aliphatic heterocycles. The van der Waals surface area contributed by atoms with Gasteiger partial charge in [0, 0.05) is 22.7 Å². The predicted molar refractivity (Wildman–Crippen MR) is 119 cm³/mol. The topological polar surface area (TPSA) is 21.3 Å². The average molecular weight is 375 g/mol. The summed E-state index contributed by atoms with van der Waals surface area (Å²) < 4.78 is 6.20. The molecule has 2 aliphatic rings. The van der Waals surface area contributed by atoms with Gasteiger partial charge in [0.25, 0.3) is 0 Å². The number of ether oxygens (including phenoxy) is 1. The number of hydrogen-bond donors (Lipinski definition) is 1. The van der Waals surface area contributed by atoms with E-state index in [-0.39, 0.29) is 5.92 Å². The number of benzene rings is 4. The molecule has 0 aliphatic carbocycles. The van der Waals surface area contributed by atoms with Crippen LogP contribution in [-0.4, -0.2) is 6.61 Å². The van der Waals surface area contributed by atoms with Crippen molar-refractivity contribution >= 4 is 22.2 Å². The molecule has 0 aromatic heterocycles. The third kappa shape index (κ3) is 2.49. The van der Waals surface area contributed by atoms with Gasteiger partial charge in [-0.2, -0.15) is 0 Å². The summed E-state index contributed by atoms with van der Waals surface area (Å²) in [5.41, 5.74) is 8.76. The minimum Gasteiger partial charge on any atom is -0.488 e. The minimum atomic E-state index is 0.167. The van der Waals surface area contributed by atoms with Crippen molar-refractivity contribution in [3.8, 4) is 5.75 Å². The molecule has 1 atom stereocenters. The van der Waals surface area contributed by atoms with Crippen LogP contribution in [0.25, 0.3) is 16.5 Å². The van der Waals surface area contributed by atoms with Crippen LogP contribution in [0.15, 0.2) is 90.5 Å². The molecule has 0 saturated heterocycles. The Hall–Kier alpha value is -3.52. The van der Waals surface area contributed by atoms with Gasteiger partial charge in [-0.05, 0) is 47.0 Å². The SMILES string of the molecule is Cc1ccc2c(c1)C(c1cccc3ccccc13)C1=C(N2)c2ccccc2OC1. The normalized spacial score (nSPS) is 17.1. The summed E-state index contributed by atoms with van der Waals surface area (Å²) >= 11 is 0. The summed E-state index contributed by atoms with van der Waals surface area (Å²) in [6.07, 6.45) is 0. The molecule has 4 aromatic carbocycles. The van der Waals surface area contributed by atoms with Crippen molar-refractivity contribution in [3.63, 3.8) is 0 Å². The van der Waals surface area contributed by atoms with Crippen LogP contribution < -0.4 is 10.1 Å². The van der Waals surface area contributed by atoms with Gasteiger partial charge in [-0.25, -0.2) is 0 Å². The molecule has 0 bridgehead atoms. The molecule has 2 heteroatoms. The second-order valence-corrected chi connectivity index (χ2v) is 7.90. The lowest BCUT2D eigenvalue weighted by Crippen LogP contribution is -2.25. The van der Waals surface area contributed by atoms with Gasteiger partial charge in [-0.15, -0.1) is 0 Å². The first-order valence-electron chi connectivity index (χ1n) is 10.1. The Balaban J connectivity index is 1.67. The fraction of sp³-hybridized carbons (Fsp3) is 0.111. The molecule has 0 radical (unpaired) electrons. The lowest BCUT2D eigenvalue weighted by molar-refractivity contribution is 0.339. The van der Waals surface area contributed by atoms with Crippen LogP contribution in [0.3, 0.4) is 0 Å². The molecule has 0 fully saturated rings. The van der Waals surface area contributed by atoms with Crippen LogP contribution in [-0.2, 0) is 0 Å². The quantitative estimate of drug-likeness (QED) is 0.409. The minimum absolute atomic E-state index is 0.167. The monoisotopic (exact) mass is 375 g/mol. The molecule has 140 valence electrons. The first-order valence-corrected chi connectivity index (χ1v) is 10.1. The van der Waals surface area contributed by atoms with Gasteiger partial charge in [-0.1, -0.05) is 72.3 Å². The van der Waals surface area contributed by atoms with E-state index in [9.17, 15) is 0 Å². The van der Waals surface area contributed by atoms with Crippen molar-refractivity contribution in [2.45, 2.75) is 12.8 Å². The summed E-state index contributed by atoms with van der Waals surface area (Å²) in [7, 11) is 0. The summed E-state index contributed by atoms with van der Waals surface area (Å²) in [5.74, 6) is 1.12. The molecule has 4 aromatic rings. The Morgan fingerprint density at radius 3 is 2.62 bits per heavy atom. The van der Waals surface area contributed by atoms with Gasteiger partial charge >= 0.3 is 0 Å². The molecular formula is C27H21NO. The third-order valence-corrected chi connectivity index (χ3v) is 6.12. The average Bonchev–Trinajstić information content (AvgIpc) is 2.77. The Kier molecular flexibility index (Phi) is 3.54. The lowest BCUT2D eigenvalue weighted by atomic mass is 9.77. The molecule has 0 spiro atoms. The van der Waals surface area contributed by atoms with Gasteiger partial charge in [0.05, 0.1) is 5.70 Å². The zero-order valence-electron chi connectivity index (χ0n) is 16.3. The number of anilines is 1. The Morgan fingerprint density at radius 1 is 0.828 bits per heavy atom. The highest BCUT2D eigenvalue weighted by Crippen LogP contribution is 2.49. The van der Waals surface area contributed by atoms with Crippen molar-refractivity contribution in [1.82, 2.24) is 0 Å². The molecule has 0 amide bonds. The highest BCUT2D eigenvalue weighted by Gasteiger charge is 2.34. The van der Waals surface area contributed by atoms with Crippen molar-refractivity contribution in [2.24, 2.45) is 0 Å². The van der Waals surface area contributed by atoms with E-state index in [0.717, 1.165) is 11.3 Å². The van der Waals surface area contributed by atoms with Crippen LogP contribution in [0.1, 0.15) is 28.2 Å². The highest BCUT2D eigenvalue weighted by atomic mass is 16.5. The Morgan fingerprint density at radius 2 is 1.66 bits per heavy atom. The summed E-state index contributed by atoms with van der Waals surface area (Å²) in [6.45, 7) is 2.76. The van der Waals surface area contributed by atoms with Crippen molar-refractivity contribution < 1.29 is 4.74 Å². The van der Waals surface area contributed by atoms with Crippen LogP contribution in [0.5, 0.6) is 5.75 Å². The van der Waals surface area contributed by atoms with E-state index in [0.29, 0.717) is 6.61 Å². The van der Waals surface area contributed by atoms with E-state index in [1.165, 1.54) is 44.4 Å². The van der Waals surface area contributed by atoms with Crippen LogP contribution in [0.2, 0.25) is 0 Å². The second kappa shape index (κ2) is 6.25. The molecule has 0 saturated carbocycles. The molecule has 1 N–H and O–H groups in total. The standard InChI is InChI=1S/C27H21NO/c1-17-13-14-24-22(15-17)26(20-11-6-8-18-7-2-3-9-19(18)20)23-16-29-25-12-5-4-10-21(25)27(23)28-24/h2-15,26,28H,16H2,1H3. The van der Waals surface area contributed by atoms with Crippen molar-refractivity contribution in [1.29, 1.82) is 0 Å². The Bertz CT molecular complexity index is 1300. The van der Waals surface area contributed by atoms with Gasteiger partial charge in [0.15, 0.2) is 0 Å². The van der Waals surface area contributed by atoms with E-state index in [1.54, 1.807) is 0 Å². The maximum Gasteiger partial charge on any atom is 0.129 e. The van der Waals surface area contributed by atoms with E-state index < -0.39 is 0 Å². The lowest BCUT2D eigenvalue weighted by Gasteiger charge is -2.36. The summed E-state index contributed by atoms with van der Waals surface area (Å²) in [4.78, 5) is 0. The number of para-hydroxylation sites is 1. The van der Waals surface area contributed by atoms with Gasteiger partial charge in [0.2, 0.25) is 0 Å². The number of fused-ring (bicyclic) bond motifs is 4. The zero-order valence-corrected chi connectivity index (χ0v) is 16.3. The highest BCUT2D eigenvalue weighted by molar-refractivity contribution is 5.93. The zero-order chi connectivity index (χ0) is 19.4. The van der Waals surface area contributed by atoms with Gasteiger partial charge < -0.3 is 10.1 Å². The van der Waals surface area contributed by atoms with Crippen molar-refractivity contribution in [2.75, 3.05) is 11.9 Å². The van der Waals surface area contributed by atoms with Crippen LogP contribution in [0.4, 0.5) is 5.69 Å². The number of rotatable bonds is 1. The van der Waals surface area contributed by atoms with Crippen LogP contribution in [0, 0.1) is 6.92 Å². The van der Waals surface area contributed by atoms with Gasteiger partial charge in [-0.3, -0.25) is 0 Å². The van der Waals surface area contributed by atoms with E-state index in [4.69, 9.17) is 4.74 Å².